The van der Waals surface area contributed by atoms with Gasteiger partial charge >= 0.3 is 18.2 Å². The summed E-state index contributed by atoms with van der Waals surface area (Å²) in [5.74, 6) is -1.58. The monoisotopic (exact) mass is 317 g/mol. The second-order valence-electron chi connectivity index (χ2n) is 4.98. The van der Waals surface area contributed by atoms with E-state index in [9.17, 15) is 22.8 Å². The lowest BCUT2D eigenvalue weighted by atomic mass is 9.99. The number of anilines is 1. The molecule has 1 fully saturated rings. The third-order valence-electron chi connectivity index (χ3n) is 3.36. The average molecular weight is 317 g/mol. The number of hydrogen-bond acceptors (Lipinski definition) is 3. The summed E-state index contributed by atoms with van der Waals surface area (Å²) in [5, 5.41) is 11.4. The Bertz CT molecular complexity index is 560. The van der Waals surface area contributed by atoms with Crippen LogP contribution in [0.2, 0.25) is 0 Å². The number of carbonyl (C=O) groups is 2. The van der Waals surface area contributed by atoms with Gasteiger partial charge in [-0.3, -0.25) is 4.79 Å². The minimum atomic E-state index is -4.54. The summed E-state index contributed by atoms with van der Waals surface area (Å²) in [6.07, 6.45) is -2.56. The maximum Gasteiger partial charge on any atom is 0.433 e. The number of amides is 2. The van der Waals surface area contributed by atoms with Gasteiger partial charge in [0.2, 0.25) is 0 Å². The van der Waals surface area contributed by atoms with Crippen LogP contribution in [0.1, 0.15) is 18.5 Å². The number of alkyl halides is 3. The van der Waals surface area contributed by atoms with E-state index in [1.807, 2.05) is 0 Å². The van der Waals surface area contributed by atoms with E-state index in [0.29, 0.717) is 19.4 Å². The Morgan fingerprint density at radius 3 is 2.64 bits per heavy atom. The SMILES string of the molecule is O=C(O)C1CCCN(C(=O)Nc2ccc(C(F)(F)F)nc2)C1. The zero-order valence-electron chi connectivity index (χ0n) is 11.4. The summed E-state index contributed by atoms with van der Waals surface area (Å²) in [7, 11) is 0. The highest BCUT2D eigenvalue weighted by atomic mass is 19.4. The van der Waals surface area contributed by atoms with E-state index in [4.69, 9.17) is 5.11 Å². The number of carboxylic acids is 1. The topological polar surface area (TPSA) is 82.5 Å². The molecule has 0 saturated carbocycles. The van der Waals surface area contributed by atoms with Crippen LogP contribution in [0.15, 0.2) is 18.3 Å². The van der Waals surface area contributed by atoms with Crippen LogP contribution in [-0.2, 0) is 11.0 Å². The van der Waals surface area contributed by atoms with E-state index in [0.717, 1.165) is 18.3 Å². The van der Waals surface area contributed by atoms with Gasteiger partial charge in [0.15, 0.2) is 0 Å². The van der Waals surface area contributed by atoms with E-state index in [1.54, 1.807) is 0 Å². The minimum Gasteiger partial charge on any atom is -0.481 e. The van der Waals surface area contributed by atoms with Crippen molar-refractivity contribution < 1.29 is 27.9 Å². The lowest BCUT2D eigenvalue weighted by molar-refractivity contribution is -0.143. The van der Waals surface area contributed by atoms with Gasteiger partial charge in [0.25, 0.3) is 0 Å². The number of aliphatic carboxylic acids is 1. The van der Waals surface area contributed by atoms with E-state index in [1.165, 1.54) is 4.90 Å². The first-order valence-electron chi connectivity index (χ1n) is 6.59. The molecule has 0 radical (unpaired) electrons. The Labute approximate surface area is 123 Å². The normalized spacial score (nSPS) is 18.9. The molecule has 1 aromatic rings. The molecule has 1 aliphatic rings. The summed E-state index contributed by atoms with van der Waals surface area (Å²) in [6, 6.07) is 1.32. The molecular weight excluding hydrogens is 303 g/mol. The van der Waals surface area contributed by atoms with Gasteiger partial charge in [-0.1, -0.05) is 0 Å². The first kappa shape index (κ1) is 16.1. The third-order valence-corrected chi connectivity index (χ3v) is 3.36. The van der Waals surface area contributed by atoms with Gasteiger partial charge in [0, 0.05) is 13.1 Å². The predicted molar refractivity (Wildman–Crippen MR) is 70.2 cm³/mol. The maximum atomic E-state index is 12.4. The number of carbonyl (C=O) groups excluding carboxylic acids is 1. The molecule has 6 nitrogen and oxygen atoms in total. The summed E-state index contributed by atoms with van der Waals surface area (Å²) in [5.41, 5.74) is -0.926. The van der Waals surface area contributed by atoms with Crippen molar-refractivity contribution in [2.75, 3.05) is 18.4 Å². The Hall–Kier alpha value is -2.32. The molecule has 1 aromatic heterocycles. The highest BCUT2D eigenvalue weighted by Gasteiger charge is 2.32. The molecule has 1 saturated heterocycles. The van der Waals surface area contributed by atoms with Crippen LogP contribution in [0.4, 0.5) is 23.7 Å². The number of likely N-dealkylation sites (tertiary alicyclic amines) is 1. The van der Waals surface area contributed by atoms with Gasteiger partial charge < -0.3 is 15.3 Å². The van der Waals surface area contributed by atoms with Crippen LogP contribution in [0.25, 0.3) is 0 Å². The molecule has 0 bridgehead atoms. The third kappa shape index (κ3) is 3.86. The molecule has 2 N–H and O–H groups in total. The quantitative estimate of drug-likeness (QED) is 0.877. The van der Waals surface area contributed by atoms with Crippen molar-refractivity contribution in [3.8, 4) is 0 Å². The highest BCUT2D eigenvalue weighted by Crippen LogP contribution is 2.28. The van der Waals surface area contributed by atoms with Crippen LogP contribution in [-0.4, -0.2) is 40.1 Å². The second-order valence-corrected chi connectivity index (χ2v) is 4.98. The maximum absolute atomic E-state index is 12.4. The molecule has 2 heterocycles. The molecule has 2 amide bonds. The first-order chi connectivity index (χ1) is 10.3. The van der Waals surface area contributed by atoms with Crippen LogP contribution >= 0.6 is 0 Å². The number of carboxylic acid groups (broad SMARTS) is 1. The fourth-order valence-electron chi connectivity index (χ4n) is 2.20. The molecule has 120 valence electrons. The molecule has 0 aliphatic carbocycles. The molecule has 1 aliphatic heterocycles. The smallest absolute Gasteiger partial charge is 0.433 e. The molecule has 0 aromatic carbocycles. The fraction of sp³-hybridized carbons (Fsp3) is 0.462. The standard InChI is InChI=1S/C13H14F3N3O3/c14-13(15,16)10-4-3-9(6-17-10)18-12(22)19-5-1-2-8(7-19)11(20)21/h3-4,6,8H,1-2,5,7H2,(H,18,22)(H,20,21). The van der Waals surface area contributed by atoms with E-state index in [2.05, 4.69) is 10.3 Å². The molecule has 1 atom stereocenters. The van der Waals surface area contributed by atoms with Crippen LogP contribution in [0.3, 0.4) is 0 Å². The van der Waals surface area contributed by atoms with Gasteiger partial charge in [-0.25, -0.2) is 9.78 Å². The van der Waals surface area contributed by atoms with Gasteiger partial charge in [0.05, 0.1) is 17.8 Å². The second kappa shape index (κ2) is 6.20. The average Bonchev–Trinajstić information content (AvgIpc) is 2.47. The van der Waals surface area contributed by atoms with Crippen LogP contribution in [0.5, 0.6) is 0 Å². The number of aromatic nitrogens is 1. The molecule has 9 heteroatoms. The number of nitrogens with zero attached hydrogens (tertiary/aromatic N) is 2. The van der Waals surface area contributed by atoms with Crippen LogP contribution in [0, 0.1) is 5.92 Å². The molecular formula is C13H14F3N3O3. The zero-order valence-corrected chi connectivity index (χ0v) is 11.4. The van der Waals surface area contributed by atoms with Crippen molar-refractivity contribution >= 4 is 17.7 Å². The van der Waals surface area contributed by atoms with Crippen molar-refractivity contribution in [1.29, 1.82) is 0 Å². The van der Waals surface area contributed by atoms with Crippen molar-refractivity contribution in [2.24, 2.45) is 5.92 Å². The molecule has 0 spiro atoms. The van der Waals surface area contributed by atoms with Gasteiger partial charge in [-0.15, -0.1) is 0 Å². The van der Waals surface area contributed by atoms with Crippen LogP contribution < -0.4 is 5.32 Å². The van der Waals surface area contributed by atoms with Crippen molar-refractivity contribution in [3.05, 3.63) is 24.0 Å². The number of rotatable bonds is 2. The van der Waals surface area contributed by atoms with E-state index in [-0.39, 0.29) is 12.2 Å². The summed E-state index contributed by atoms with van der Waals surface area (Å²) < 4.78 is 37.1. The van der Waals surface area contributed by atoms with E-state index < -0.39 is 29.8 Å². The molecule has 1 unspecified atom stereocenters. The summed E-state index contributed by atoms with van der Waals surface area (Å²) >= 11 is 0. The fourth-order valence-corrected chi connectivity index (χ4v) is 2.20. The highest BCUT2D eigenvalue weighted by molar-refractivity contribution is 5.89. The zero-order chi connectivity index (χ0) is 16.3. The van der Waals surface area contributed by atoms with Crippen molar-refractivity contribution in [3.63, 3.8) is 0 Å². The number of pyridine rings is 1. The summed E-state index contributed by atoms with van der Waals surface area (Å²) in [6.45, 7) is 0.485. The number of hydrogen-bond donors (Lipinski definition) is 2. The summed E-state index contributed by atoms with van der Waals surface area (Å²) in [4.78, 5) is 27.5. The Kier molecular flexibility index (Phi) is 4.53. The number of halogens is 3. The van der Waals surface area contributed by atoms with Crippen molar-refractivity contribution in [1.82, 2.24) is 9.88 Å². The van der Waals surface area contributed by atoms with Crippen molar-refractivity contribution in [2.45, 2.75) is 19.0 Å². The Balaban J connectivity index is 1.98. The number of piperidine rings is 1. The van der Waals surface area contributed by atoms with Gasteiger partial charge in [-0.2, -0.15) is 13.2 Å². The van der Waals surface area contributed by atoms with E-state index >= 15 is 0 Å². The largest absolute Gasteiger partial charge is 0.481 e. The lowest BCUT2D eigenvalue weighted by Gasteiger charge is -2.30. The molecule has 2 rings (SSSR count). The minimum absolute atomic E-state index is 0.0786. The number of urea groups is 1. The predicted octanol–water partition coefficient (Wildman–Crippen LogP) is 2.43. The Morgan fingerprint density at radius 2 is 2.09 bits per heavy atom. The lowest BCUT2D eigenvalue weighted by Crippen LogP contribution is -2.44. The Morgan fingerprint density at radius 1 is 1.36 bits per heavy atom. The molecule has 22 heavy (non-hydrogen) atoms. The number of nitrogens with one attached hydrogen (secondary N) is 1. The van der Waals surface area contributed by atoms with Gasteiger partial charge in [-0.05, 0) is 25.0 Å². The van der Waals surface area contributed by atoms with Gasteiger partial charge in [0.1, 0.15) is 5.69 Å². The first-order valence-corrected chi connectivity index (χ1v) is 6.59.